The molecule has 0 saturated carbocycles. The minimum Gasteiger partial charge on any atom is -0.383 e. The molecule has 0 unspecified atom stereocenters. The number of amidine groups is 2. The molecule has 8 N–H and O–H groups in total. The van der Waals surface area contributed by atoms with Gasteiger partial charge < -0.3 is 22.1 Å². The summed E-state index contributed by atoms with van der Waals surface area (Å²) in [5, 5.41) is 21.8. The van der Waals surface area contributed by atoms with E-state index in [0.29, 0.717) is 5.92 Å². The molecule has 0 bridgehead atoms. The summed E-state index contributed by atoms with van der Waals surface area (Å²) < 4.78 is 2.28. The molecule has 2 heterocycles. The van der Waals surface area contributed by atoms with Crippen molar-refractivity contribution in [3.05, 3.63) is 81.0 Å². The van der Waals surface area contributed by atoms with Crippen molar-refractivity contribution in [3.8, 4) is 0 Å². The molecule has 0 atom stereocenters. The van der Waals surface area contributed by atoms with Gasteiger partial charge >= 0.3 is 0 Å². The molecule has 0 aliphatic heterocycles. The fourth-order valence-corrected chi connectivity index (χ4v) is 6.85. The Morgan fingerprint density at radius 1 is 0.718 bits per heavy atom. The Bertz CT molecular complexity index is 1440. The van der Waals surface area contributed by atoms with Gasteiger partial charge in [-0.3, -0.25) is 10.8 Å². The van der Waals surface area contributed by atoms with Crippen LogP contribution in [-0.2, 0) is 0 Å². The van der Waals surface area contributed by atoms with Crippen molar-refractivity contribution in [2.75, 3.05) is 23.1 Å². The lowest BCUT2D eigenvalue weighted by molar-refractivity contribution is 0.867. The Morgan fingerprint density at radius 3 is 1.59 bits per heavy atom. The number of aryl methyl sites for hydroxylation is 2. The molecule has 4 rings (SSSR count). The Morgan fingerprint density at radius 2 is 1.18 bits per heavy atom. The largest absolute Gasteiger partial charge is 0.383 e. The average Bonchev–Trinajstić information content (AvgIpc) is 3.51. The first-order chi connectivity index (χ1) is 18.5. The molecule has 2 aromatic carbocycles. The van der Waals surface area contributed by atoms with Gasteiger partial charge in [0.2, 0.25) is 0 Å². The van der Waals surface area contributed by atoms with E-state index in [0.717, 1.165) is 40.9 Å². The number of thiophene rings is 2. The summed E-state index contributed by atoms with van der Waals surface area (Å²) in [7, 11) is 0. The highest BCUT2D eigenvalue weighted by molar-refractivity contribution is 8.00. The number of benzene rings is 2. The maximum Gasteiger partial charge on any atom is 0.133 e. The van der Waals surface area contributed by atoms with Crippen LogP contribution in [-0.4, -0.2) is 24.2 Å². The number of anilines is 4. The smallest absolute Gasteiger partial charge is 0.133 e. The Labute approximate surface area is 248 Å². The van der Waals surface area contributed by atoms with Crippen molar-refractivity contribution in [1.82, 2.24) is 0 Å². The van der Waals surface area contributed by atoms with E-state index in [1.54, 1.807) is 46.2 Å². The first kappa shape index (κ1) is 30.6. The van der Waals surface area contributed by atoms with Crippen LogP contribution in [0.25, 0.3) is 0 Å². The highest BCUT2D eigenvalue weighted by Crippen LogP contribution is 2.37. The van der Waals surface area contributed by atoms with Crippen LogP contribution in [0.5, 0.6) is 0 Å². The topological polar surface area (TPSA) is 124 Å². The molecule has 0 saturated heterocycles. The lowest BCUT2D eigenvalue weighted by Gasteiger charge is -2.09. The molecule has 4 aromatic rings. The van der Waals surface area contributed by atoms with Gasteiger partial charge in [0.15, 0.2) is 0 Å². The van der Waals surface area contributed by atoms with Gasteiger partial charge in [0.1, 0.15) is 11.7 Å². The Hall–Kier alpha value is -2.92. The van der Waals surface area contributed by atoms with E-state index in [9.17, 15) is 0 Å². The van der Waals surface area contributed by atoms with E-state index >= 15 is 0 Å². The monoisotopic (exact) mass is 596 g/mol. The Balaban J connectivity index is 0.000000216. The van der Waals surface area contributed by atoms with Crippen LogP contribution in [0.15, 0.2) is 63.0 Å². The number of nitrogens with two attached hydrogens (primary N) is 2. The summed E-state index contributed by atoms with van der Waals surface area (Å²) >= 11 is 6.42. The fraction of sp³-hybridized carbons (Fsp3) is 0.241. The average molecular weight is 597 g/mol. The maximum atomic E-state index is 7.53. The molecule has 0 radical (unpaired) electrons. The number of thioether (sulfide) groups is 2. The molecule has 0 spiro atoms. The van der Waals surface area contributed by atoms with Crippen molar-refractivity contribution in [2.45, 2.75) is 42.0 Å². The lowest BCUT2D eigenvalue weighted by Crippen LogP contribution is -2.08. The number of nitrogen functional groups attached to an aromatic ring is 2. The van der Waals surface area contributed by atoms with Crippen molar-refractivity contribution >= 4 is 80.6 Å². The third kappa shape index (κ3) is 8.28. The quantitative estimate of drug-likeness (QED) is 0.0652. The van der Waals surface area contributed by atoms with Crippen LogP contribution in [0.4, 0.5) is 22.7 Å². The van der Waals surface area contributed by atoms with Crippen LogP contribution in [0, 0.1) is 24.7 Å². The van der Waals surface area contributed by atoms with Crippen LogP contribution in [0.3, 0.4) is 0 Å². The molecule has 0 aliphatic rings. The molecule has 0 aliphatic carbocycles. The van der Waals surface area contributed by atoms with Crippen LogP contribution >= 0.6 is 46.2 Å². The van der Waals surface area contributed by atoms with Crippen molar-refractivity contribution in [3.63, 3.8) is 0 Å². The van der Waals surface area contributed by atoms with Crippen LogP contribution in [0.1, 0.15) is 46.2 Å². The van der Waals surface area contributed by atoms with Crippen molar-refractivity contribution < 1.29 is 0 Å². The van der Waals surface area contributed by atoms with Gasteiger partial charge in [-0.2, -0.15) is 0 Å². The maximum absolute atomic E-state index is 7.53. The summed E-state index contributed by atoms with van der Waals surface area (Å²) in [4.78, 5) is 1.60. The molecule has 2 aromatic heterocycles. The van der Waals surface area contributed by atoms with Crippen LogP contribution in [0.2, 0.25) is 0 Å². The van der Waals surface area contributed by atoms with E-state index in [2.05, 4.69) is 80.8 Å². The minimum atomic E-state index is 0.119. The molecular weight excluding hydrogens is 561 g/mol. The van der Waals surface area contributed by atoms with E-state index in [1.165, 1.54) is 16.7 Å². The number of nitrogens with one attached hydrogen (secondary N) is 4. The summed E-state index contributed by atoms with van der Waals surface area (Å²) in [5.74, 6) is 0.776. The van der Waals surface area contributed by atoms with Gasteiger partial charge in [-0.25, -0.2) is 0 Å². The predicted octanol–water partition coefficient (Wildman–Crippen LogP) is 8.74. The summed E-state index contributed by atoms with van der Waals surface area (Å²) in [5.41, 5.74) is 19.1. The summed E-state index contributed by atoms with van der Waals surface area (Å²) in [6.07, 6.45) is 4.06. The molecule has 0 fully saturated rings. The molecule has 206 valence electrons. The second-order valence-corrected chi connectivity index (χ2v) is 13.4. The predicted molar refractivity (Wildman–Crippen MR) is 177 cm³/mol. The van der Waals surface area contributed by atoms with Crippen LogP contribution < -0.4 is 22.1 Å². The third-order valence-corrected chi connectivity index (χ3v) is 10.5. The highest BCUT2D eigenvalue weighted by atomic mass is 32.2. The van der Waals surface area contributed by atoms with E-state index in [1.807, 2.05) is 24.6 Å². The zero-order valence-corrected chi connectivity index (χ0v) is 26.3. The second-order valence-electron chi connectivity index (χ2n) is 9.18. The van der Waals surface area contributed by atoms with Crippen molar-refractivity contribution in [2.24, 2.45) is 11.5 Å². The molecule has 10 heteroatoms. The molecule has 6 nitrogen and oxygen atoms in total. The van der Waals surface area contributed by atoms with E-state index in [-0.39, 0.29) is 11.7 Å². The summed E-state index contributed by atoms with van der Waals surface area (Å²) in [6.45, 7) is 8.58. The Kier molecular flexibility index (Phi) is 10.9. The molecular formula is C29H36N6S4. The molecule has 0 amide bonds. The standard InChI is InChI=1S/C15H19N3S2.C14H17N3S2/c1-9(2)10-4-6-11(7-5-10)18-12-8-13(14(16)17)20-15(12)19-3;1-8-4-5-10(6-9(8)2)17-11-7-12(13(15)16)19-14(11)18-3/h4-9,18H,1-3H3,(H3,16,17);4-7,17H,1-3H3,(H3,15,16). The van der Waals surface area contributed by atoms with Gasteiger partial charge in [-0.15, -0.1) is 46.2 Å². The number of hydrogen-bond donors (Lipinski definition) is 6. The minimum absolute atomic E-state index is 0.119. The number of hydrogen-bond acceptors (Lipinski definition) is 8. The third-order valence-electron chi connectivity index (χ3n) is 5.94. The van der Waals surface area contributed by atoms with E-state index < -0.39 is 0 Å². The van der Waals surface area contributed by atoms with E-state index in [4.69, 9.17) is 22.3 Å². The first-order valence-corrected chi connectivity index (χ1v) is 16.4. The SMILES string of the molecule is CSc1sc(C(=N)N)cc1Nc1ccc(C(C)C)cc1.CSc1sc(C(=N)N)cc1Nc1ccc(C)c(C)c1. The second kappa shape index (κ2) is 13.9. The van der Waals surface area contributed by atoms with Gasteiger partial charge in [0, 0.05) is 11.4 Å². The fourth-order valence-electron chi connectivity index (χ4n) is 3.57. The van der Waals surface area contributed by atoms with Gasteiger partial charge in [0.05, 0.1) is 29.5 Å². The highest BCUT2D eigenvalue weighted by Gasteiger charge is 2.12. The molecule has 39 heavy (non-hydrogen) atoms. The van der Waals surface area contributed by atoms with Gasteiger partial charge in [-0.05, 0) is 85.4 Å². The van der Waals surface area contributed by atoms with Gasteiger partial charge in [0.25, 0.3) is 0 Å². The number of rotatable bonds is 9. The van der Waals surface area contributed by atoms with Gasteiger partial charge in [-0.1, -0.05) is 32.0 Å². The first-order valence-electron chi connectivity index (χ1n) is 12.3. The lowest BCUT2D eigenvalue weighted by atomic mass is 10.0. The van der Waals surface area contributed by atoms with Crippen molar-refractivity contribution in [1.29, 1.82) is 10.8 Å². The normalized spacial score (nSPS) is 10.6. The zero-order valence-electron chi connectivity index (χ0n) is 23.1. The zero-order chi connectivity index (χ0) is 28.7. The summed E-state index contributed by atoms with van der Waals surface area (Å²) in [6, 6.07) is 18.6.